The molecule has 0 aliphatic rings. The summed E-state index contributed by atoms with van der Waals surface area (Å²) in [6.07, 6.45) is 2.46. The maximum atomic E-state index is 10.7. The lowest BCUT2D eigenvalue weighted by molar-refractivity contribution is -0.119. The quantitative estimate of drug-likeness (QED) is 0.811. The maximum Gasteiger partial charge on any atom is 0.255 e. The molecule has 0 aliphatic heterocycles. The minimum Gasteiger partial charge on any atom is -0.484 e. The van der Waals surface area contributed by atoms with Crippen LogP contribution in [0.4, 0.5) is 5.69 Å². The Bertz CT molecular complexity index is 552. The van der Waals surface area contributed by atoms with Gasteiger partial charge in [0.25, 0.3) is 5.91 Å². The number of furan rings is 1. The zero-order valence-electron chi connectivity index (χ0n) is 11.3. The van der Waals surface area contributed by atoms with Crippen molar-refractivity contribution in [3.63, 3.8) is 0 Å². The van der Waals surface area contributed by atoms with Gasteiger partial charge in [-0.1, -0.05) is 6.07 Å². The molecule has 1 unspecified atom stereocenters. The first-order chi connectivity index (χ1) is 9.63. The maximum absolute atomic E-state index is 10.7. The van der Waals surface area contributed by atoms with Crippen LogP contribution in [0.2, 0.25) is 0 Å². The van der Waals surface area contributed by atoms with E-state index in [0.717, 1.165) is 17.9 Å². The fourth-order valence-electron chi connectivity index (χ4n) is 1.90. The van der Waals surface area contributed by atoms with Crippen LogP contribution in [0.1, 0.15) is 12.7 Å². The van der Waals surface area contributed by atoms with Crippen molar-refractivity contribution in [1.29, 1.82) is 0 Å². The fourth-order valence-corrected chi connectivity index (χ4v) is 1.90. The topological polar surface area (TPSA) is 77.5 Å². The lowest BCUT2D eigenvalue weighted by Crippen LogP contribution is -2.20. The number of hydrogen-bond donors (Lipinski definition) is 2. The van der Waals surface area contributed by atoms with E-state index < -0.39 is 5.91 Å². The molecule has 0 fully saturated rings. The second-order valence-corrected chi connectivity index (χ2v) is 4.61. The number of nitrogens with two attached hydrogens (primary N) is 1. The Labute approximate surface area is 117 Å². The lowest BCUT2D eigenvalue weighted by atomic mass is 10.2. The van der Waals surface area contributed by atoms with Crippen molar-refractivity contribution < 1.29 is 13.9 Å². The molecule has 0 saturated carbocycles. The van der Waals surface area contributed by atoms with E-state index in [2.05, 4.69) is 12.2 Å². The molecule has 106 valence electrons. The highest BCUT2D eigenvalue weighted by molar-refractivity contribution is 5.75. The van der Waals surface area contributed by atoms with Gasteiger partial charge in [0.15, 0.2) is 6.61 Å². The molecule has 0 bridgehead atoms. The number of amides is 1. The van der Waals surface area contributed by atoms with Crippen molar-refractivity contribution in [1.82, 2.24) is 0 Å². The van der Waals surface area contributed by atoms with E-state index in [-0.39, 0.29) is 12.6 Å². The minimum absolute atomic E-state index is 0.120. The minimum atomic E-state index is -0.491. The third-order valence-corrected chi connectivity index (χ3v) is 2.72. The summed E-state index contributed by atoms with van der Waals surface area (Å²) < 4.78 is 10.6. The highest BCUT2D eigenvalue weighted by Crippen LogP contribution is 2.18. The molecule has 1 aromatic heterocycles. The number of benzene rings is 1. The summed E-state index contributed by atoms with van der Waals surface area (Å²) in [5.74, 6) is 1.06. The number of rotatable bonds is 7. The molecule has 1 aromatic carbocycles. The molecule has 1 atom stereocenters. The number of primary amides is 1. The van der Waals surface area contributed by atoms with Crippen molar-refractivity contribution in [3.05, 3.63) is 48.4 Å². The van der Waals surface area contributed by atoms with E-state index in [1.54, 1.807) is 12.3 Å². The van der Waals surface area contributed by atoms with Crippen molar-refractivity contribution in [3.8, 4) is 5.75 Å². The fraction of sp³-hybridized carbons (Fsp3) is 0.267. The number of anilines is 1. The van der Waals surface area contributed by atoms with Gasteiger partial charge in [0.05, 0.1) is 6.26 Å². The van der Waals surface area contributed by atoms with Crippen LogP contribution in [-0.4, -0.2) is 18.6 Å². The van der Waals surface area contributed by atoms with Gasteiger partial charge in [-0.2, -0.15) is 0 Å². The first-order valence-electron chi connectivity index (χ1n) is 6.43. The van der Waals surface area contributed by atoms with E-state index in [0.29, 0.717) is 5.75 Å². The molecule has 0 spiro atoms. The van der Waals surface area contributed by atoms with Gasteiger partial charge in [-0.25, -0.2) is 0 Å². The second kappa shape index (κ2) is 6.65. The van der Waals surface area contributed by atoms with Crippen LogP contribution in [0.3, 0.4) is 0 Å². The number of hydrogen-bond acceptors (Lipinski definition) is 4. The smallest absolute Gasteiger partial charge is 0.255 e. The first-order valence-corrected chi connectivity index (χ1v) is 6.43. The Kier molecular flexibility index (Phi) is 4.65. The lowest BCUT2D eigenvalue weighted by Gasteiger charge is -2.15. The van der Waals surface area contributed by atoms with Crippen molar-refractivity contribution in [2.24, 2.45) is 5.73 Å². The molecule has 0 saturated heterocycles. The normalized spacial score (nSPS) is 11.8. The van der Waals surface area contributed by atoms with Gasteiger partial charge in [0, 0.05) is 24.2 Å². The third kappa shape index (κ3) is 4.35. The molecule has 2 rings (SSSR count). The average molecular weight is 274 g/mol. The molecule has 1 heterocycles. The van der Waals surface area contributed by atoms with Crippen LogP contribution in [0.15, 0.2) is 47.1 Å². The monoisotopic (exact) mass is 274 g/mol. The van der Waals surface area contributed by atoms with Gasteiger partial charge in [-0.05, 0) is 31.2 Å². The molecule has 5 heteroatoms. The third-order valence-electron chi connectivity index (χ3n) is 2.72. The number of nitrogens with one attached hydrogen (secondary N) is 1. The Hall–Kier alpha value is -2.43. The van der Waals surface area contributed by atoms with Crippen LogP contribution < -0.4 is 15.8 Å². The van der Waals surface area contributed by atoms with Gasteiger partial charge in [-0.3, -0.25) is 4.79 Å². The van der Waals surface area contributed by atoms with Gasteiger partial charge >= 0.3 is 0 Å². The van der Waals surface area contributed by atoms with Crippen LogP contribution in [0.5, 0.6) is 5.75 Å². The van der Waals surface area contributed by atoms with Crippen LogP contribution in [-0.2, 0) is 11.2 Å². The molecule has 5 nitrogen and oxygen atoms in total. The summed E-state index contributed by atoms with van der Waals surface area (Å²) in [5, 5.41) is 3.35. The van der Waals surface area contributed by atoms with Gasteiger partial charge in [0.2, 0.25) is 0 Å². The van der Waals surface area contributed by atoms with Gasteiger partial charge in [-0.15, -0.1) is 0 Å². The van der Waals surface area contributed by atoms with Crippen LogP contribution in [0, 0.1) is 0 Å². The molecule has 3 N–H and O–H groups in total. The van der Waals surface area contributed by atoms with Crippen LogP contribution in [0.25, 0.3) is 0 Å². The Morgan fingerprint density at radius 2 is 2.25 bits per heavy atom. The summed E-state index contributed by atoms with van der Waals surface area (Å²) in [6, 6.07) is 11.5. The van der Waals surface area contributed by atoms with Crippen molar-refractivity contribution in [2.75, 3.05) is 11.9 Å². The molecule has 1 amide bonds. The van der Waals surface area contributed by atoms with E-state index in [9.17, 15) is 4.79 Å². The summed E-state index contributed by atoms with van der Waals surface area (Å²) in [4.78, 5) is 10.7. The van der Waals surface area contributed by atoms with Crippen molar-refractivity contribution >= 4 is 11.6 Å². The van der Waals surface area contributed by atoms with Crippen molar-refractivity contribution in [2.45, 2.75) is 19.4 Å². The Balaban J connectivity index is 1.91. The standard InChI is InChI=1S/C15H18N2O3/c1-11(8-13-6-3-7-19-13)17-12-4-2-5-14(9-12)20-10-15(16)18/h2-7,9,11,17H,8,10H2,1H3,(H2,16,18). The Morgan fingerprint density at radius 1 is 1.40 bits per heavy atom. The average Bonchev–Trinajstić information content (AvgIpc) is 2.89. The van der Waals surface area contributed by atoms with E-state index >= 15 is 0 Å². The molecule has 0 aliphatic carbocycles. The zero-order valence-corrected chi connectivity index (χ0v) is 11.3. The van der Waals surface area contributed by atoms with Crippen LogP contribution >= 0.6 is 0 Å². The van der Waals surface area contributed by atoms with E-state index in [1.807, 2.05) is 30.3 Å². The van der Waals surface area contributed by atoms with E-state index in [1.165, 1.54) is 0 Å². The summed E-state index contributed by atoms with van der Waals surface area (Å²) in [6.45, 7) is 1.95. The second-order valence-electron chi connectivity index (χ2n) is 4.61. The highest BCUT2D eigenvalue weighted by atomic mass is 16.5. The molecular formula is C15H18N2O3. The zero-order chi connectivity index (χ0) is 14.4. The van der Waals surface area contributed by atoms with Gasteiger partial charge in [0.1, 0.15) is 11.5 Å². The predicted octanol–water partition coefficient (Wildman–Crippen LogP) is 2.19. The molecule has 20 heavy (non-hydrogen) atoms. The van der Waals surface area contributed by atoms with Gasteiger partial charge < -0.3 is 20.2 Å². The SMILES string of the molecule is CC(Cc1ccco1)Nc1cccc(OCC(N)=O)c1. The summed E-state index contributed by atoms with van der Waals surface area (Å²) >= 11 is 0. The molecule has 0 radical (unpaired) electrons. The largest absolute Gasteiger partial charge is 0.484 e. The highest BCUT2D eigenvalue weighted by Gasteiger charge is 2.06. The number of carbonyl (C=O) groups is 1. The Morgan fingerprint density at radius 3 is 2.95 bits per heavy atom. The predicted molar refractivity (Wildman–Crippen MR) is 76.6 cm³/mol. The molecular weight excluding hydrogens is 256 g/mol. The number of ether oxygens (including phenoxy) is 1. The van der Waals surface area contributed by atoms with E-state index in [4.69, 9.17) is 14.9 Å². The summed E-state index contributed by atoms with van der Waals surface area (Å²) in [7, 11) is 0. The molecule has 2 aromatic rings. The summed E-state index contributed by atoms with van der Waals surface area (Å²) in [5.41, 5.74) is 5.97. The number of carbonyl (C=O) groups excluding carboxylic acids is 1. The first kappa shape index (κ1) is 14.0.